The molecular formula is C15H16N2O3. The van der Waals surface area contributed by atoms with Gasteiger partial charge in [-0.1, -0.05) is 12.1 Å². The number of carbonyl (C=O) groups is 1. The second kappa shape index (κ2) is 6.06. The van der Waals surface area contributed by atoms with E-state index in [0.29, 0.717) is 11.6 Å². The maximum Gasteiger partial charge on any atom is 0.365 e. The van der Waals surface area contributed by atoms with Gasteiger partial charge in [-0.15, -0.1) is 0 Å². The number of benzene rings is 1. The van der Waals surface area contributed by atoms with Crippen LogP contribution in [-0.4, -0.2) is 38.0 Å². The molecule has 0 atom stereocenters. The standard InChI is InChI=1S/C15H16N2O3/c1-17(2)10-13-15(18)20-14(16-13)9-6-11-4-7-12(19-3)8-5-11/h4-10H,1-3H3/b9-6-,13-10-. The molecule has 0 amide bonds. The summed E-state index contributed by atoms with van der Waals surface area (Å²) in [5.74, 6) is 0.648. The summed E-state index contributed by atoms with van der Waals surface area (Å²) in [4.78, 5) is 17.4. The van der Waals surface area contributed by atoms with Crippen molar-refractivity contribution in [3.05, 3.63) is 47.8 Å². The van der Waals surface area contributed by atoms with E-state index in [1.165, 1.54) is 0 Å². The Labute approximate surface area is 117 Å². The third-order valence-electron chi connectivity index (χ3n) is 2.55. The van der Waals surface area contributed by atoms with Gasteiger partial charge in [0.25, 0.3) is 0 Å². The molecule has 0 radical (unpaired) electrons. The minimum atomic E-state index is -0.437. The highest BCUT2D eigenvalue weighted by atomic mass is 16.6. The number of hydrogen-bond acceptors (Lipinski definition) is 5. The Morgan fingerprint density at radius 3 is 2.50 bits per heavy atom. The van der Waals surface area contributed by atoms with Gasteiger partial charge in [0.1, 0.15) is 5.75 Å². The van der Waals surface area contributed by atoms with Gasteiger partial charge < -0.3 is 14.4 Å². The monoisotopic (exact) mass is 272 g/mol. The second-order valence-electron chi connectivity index (χ2n) is 4.42. The highest BCUT2D eigenvalue weighted by molar-refractivity contribution is 6.09. The Kier molecular flexibility index (Phi) is 4.20. The first-order valence-corrected chi connectivity index (χ1v) is 6.10. The molecule has 2 rings (SSSR count). The molecular weight excluding hydrogens is 256 g/mol. The van der Waals surface area contributed by atoms with Crippen LogP contribution in [0.3, 0.4) is 0 Å². The van der Waals surface area contributed by atoms with E-state index in [2.05, 4.69) is 4.99 Å². The van der Waals surface area contributed by atoms with E-state index < -0.39 is 5.97 Å². The van der Waals surface area contributed by atoms with Gasteiger partial charge in [0, 0.05) is 26.4 Å². The lowest BCUT2D eigenvalue weighted by Crippen LogP contribution is -2.06. The third-order valence-corrected chi connectivity index (χ3v) is 2.55. The molecule has 5 nitrogen and oxygen atoms in total. The van der Waals surface area contributed by atoms with Crippen molar-refractivity contribution >= 4 is 17.9 Å². The predicted molar refractivity (Wildman–Crippen MR) is 77.3 cm³/mol. The zero-order chi connectivity index (χ0) is 14.5. The quantitative estimate of drug-likeness (QED) is 0.622. The lowest BCUT2D eigenvalue weighted by atomic mass is 10.2. The van der Waals surface area contributed by atoms with E-state index in [4.69, 9.17) is 9.47 Å². The van der Waals surface area contributed by atoms with Crippen LogP contribution in [0.5, 0.6) is 5.75 Å². The summed E-state index contributed by atoms with van der Waals surface area (Å²) in [6.07, 6.45) is 5.11. The Morgan fingerprint density at radius 2 is 1.90 bits per heavy atom. The van der Waals surface area contributed by atoms with Crippen molar-refractivity contribution < 1.29 is 14.3 Å². The van der Waals surface area contributed by atoms with E-state index >= 15 is 0 Å². The average molecular weight is 272 g/mol. The number of hydrogen-bond donors (Lipinski definition) is 0. The van der Waals surface area contributed by atoms with Crippen molar-refractivity contribution in [3.8, 4) is 5.75 Å². The molecule has 20 heavy (non-hydrogen) atoms. The van der Waals surface area contributed by atoms with E-state index in [0.717, 1.165) is 11.3 Å². The number of rotatable bonds is 4. The van der Waals surface area contributed by atoms with E-state index in [-0.39, 0.29) is 0 Å². The largest absolute Gasteiger partial charge is 0.497 e. The summed E-state index contributed by atoms with van der Waals surface area (Å²) in [7, 11) is 5.26. The number of esters is 1. The first-order valence-electron chi connectivity index (χ1n) is 6.10. The van der Waals surface area contributed by atoms with Crippen LogP contribution in [0.25, 0.3) is 6.08 Å². The lowest BCUT2D eigenvalue weighted by molar-refractivity contribution is -0.130. The number of methoxy groups -OCH3 is 1. The van der Waals surface area contributed by atoms with Crippen LogP contribution in [0.15, 0.2) is 47.2 Å². The highest BCUT2D eigenvalue weighted by Crippen LogP contribution is 2.15. The van der Waals surface area contributed by atoms with Gasteiger partial charge in [0.15, 0.2) is 5.70 Å². The molecule has 0 fully saturated rings. The van der Waals surface area contributed by atoms with Crippen LogP contribution in [0.4, 0.5) is 0 Å². The Hall–Kier alpha value is -2.56. The molecule has 5 heteroatoms. The van der Waals surface area contributed by atoms with Crippen molar-refractivity contribution in [2.75, 3.05) is 21.2 Å². The van der Waals surface area contributed by atoms with Gasteiger partial charge in [-0.25, -0.2) is 9.79 Å². The molecule has 104 valence electrons. The fraction of sp³-hybridized carbons (Fsp3) is 0.200. The van der Waals surface area contributed by atoms with Crippen molar-refractivity contribution in [1.82, 2.24) is 4.90 Å². The second-order valence-corrected chi connectivity index (χ2v) is 4.42. The Bertz CT molecular complexity index is 584. The fourth-order valence-electron chi connectivity index (χ4n) is 1.61. The number of carbonyl (C=O) groups excluding carboxylic acids is 1. The van der Waals surface area contributed by atoms with Crippen molar-refractivity contribution in [3.63, 3.8) is 0 Å². The molecule has 1 heterocycles. The van der Waals surface area contributed by atoms with E-state index in [1.807, 2.05) is 44.4 Å². The minimum absolute atomic E-state index is 0.291. The van der Waals surface area contributed by atoms with E-state index in [9.17, 15) is 4.79 Å². The van der Waals surface area contributed by atoms with Crippen LogP contribution >= 0.6 is 0 Å². The Balaban J connectivity index is 2.09. The third kappa shape index (κ3) is 3.47. The number of aliphatic imine (C=N–C) groups is 1. The van der Waals surface area contributed by atoms with Crippen LogP contribution in [0.1, 0.15) is 5.56 Å². The highest BCUT2D eigenvalue weighted by Gasteiger charge is 2.21. The Morgan fingerprint density at radius 1 is 1.20 bits per heavy atom. The number of cyclic esters (lactones) is 1. The maximum atomic E-state index is 11.5. The van der Waals surface area contributed by atoms with Crippen LogP contribution in [0, 0.1) is 0 Å². The van der Waals surface area contributed by atoms with Gasteiger partial charge in [-0.05, 0) is 23.8 Å². The molecule has 0 saturated carbocycles. The normalized spacial score (nSPS) is 16.4. The molecule has 0 spiro atoms. The smallest absolute Gasteiger partial charge is 0.365 e. The average Bonchev–Trinajstić information content (AvgIpc) is 2.77. The first-order chi connectivity index (χ1) is 9.58. The van der Waals surface area contributed by atoms with Crippen LogP contribution < -0.4 is 4.74 Å². The van der Waals surface area contributed by atoms with Gasteiger partial charge >= 0.3 is 5.97 Å². The molecule has 0 bridgehead atoms. The molecule has 0 saturated heterocycles. The fourth-order valence-corrected chi connectivity index (χ4v) is 1.61. The van der Waals surface area contributed by atoms with Crippen molar-refractivity contribution in [1.29, 1.82) is 0 Å². The molecule has 1 aromatic carbocycles. The van der Waals surface area contributed by atoms with E-state index in [1.54, 1.807) is 24.3 Å². The van der Waals surface area contributed by atoms with Crippen LogP contribution in [0.2, 0.25) is 0 Å². The van der Waals surface area contributed by atoms with Crippen molar-refractivity contribution in [2.24, 2.45) is 4.99 Å². The summed E-state index contributed by atoms with van der Waals surface area (Å²) in [5, 5.41) is 0. The maximum absolute atomic E-state index is 11.5. The van der Waals surface area contributed by atoms with Crippen LogP contribution in [-0.2, 0) is 9.53 Å². The molecule has 0 unspecified atom stereocenters. The molecule has 0 aliphatic carbocycles. The molecule has 0 N–H and O–H groups in total. The number of nitrogens with zero attached hydrogens (tertiary/aromatic N) is 2. The van der Waals surface area contributed by atoms with Gasteiger partial charge in [0.05, 0.1) is 7.11 Å². The topological polar surface area (TPSA) is 51.1 Å². The summed E-state index contributed by atoms with van der Waals surface area (Å²) in [5.41, 5.74) is 1.26. The summed E-state index contributed by atoms with van der Waals surface area (Å²) < 4.78 is 10.1. The SMILES string of the molecule is COc1ccc(/C=C\C2=NC(=C\N(C)C)/C(=O)O2)cc1. The zero-order valence-electron chi connectivity index (χ0n) is 11.7. The van der Waals surface area contributed by atoms with Gasteiger partial charge in [0.2, 0.25) is 5.90 Å². The lowest BCUT2D eigenvalue weighted by Gasteiger charge is -2.02. The molecule has 0 aromatic heterocycles. The molecule has 1 aliphatic rings. The van der Waals surface area contributed by atoms with Gasteiger partial charge in [-0.2, -0.15) is 0 Å². The summed E-state index contributed by atoms with van der Waals surface area (Å²) in [6.45, 7) is 0. The summed E-state index contributed by atoms with van der Waals surface area (Å²) >= 11 is 0. The van der Waals surface area contributed by atoms with Gasteiger partial charge in [-0.3, -0.25) is 0 Å². The minimum Gasteiger partial charge on any atom is -0.497 e. The predicted octanol–water partition coefficient (Wildman–Crippen LogP) is 2.07. The van der Waals surface area contributed by atoms with Crippen molar-refractivity contribution in [2.45, 2.75) is 0 Å². The molecule has 1 aliphatic heterocycles. The summed E-state index contributed by atoms with van der Waals surface area (Å²) in [6, 6.07) is 7.53. The first kappa shape index (κ1) is 13.9. The number of ether oxygens (including phenoxy) is 2. The molecule has 1 aromatic rings. The zero-order valence-corrected chi connectivity index (χ0v) is 11.7.